The second-order valence-electron chi connectivity index (χ2n) is 6.78. The first kappa shape index (κ1) is 17.8. The van der Waals surface area contributed by atoms with Crippen LogP contribution in [0.1, 0.15) is 40.5 Å². The van der Waals surface area contributed by atoms with Crippen LogP contribution in [0.2, 0.25) is 0 Å². The van der Waals surface area contributed by atoms with Crippen LogP contribution in [0.5, 0.6) is 0 Å². The number of thiocarbonyl (C=S) groups is 1. The lowest BCUT2D eigenvalue weighted by molar-refractivity contribution is 0.0594. The number of likely N-dealkylation sites (tertiary alicyclic amines) is 1. The second-order valence-corrected chi connectivity index (χ2v) is 8.36. The lowest BCUT2D eigenvalue weighted by Gasteiger charge is -2.48. The number of rotatable bonds is 2. The van der Waals surface area contributed by atoms with Gasteiger partial charge in [-0.25, -0.2) is 4.79 Å². The molecule has 22 heavy (non-hydrogen) atoms. The molecule has 2 fully saturated rings. The molecule has 2 aliphatic heterocycles. The summed E-state index contributed by atoms with van der Waals surface area (Å²) >= 11 is 7.31. The van der Waals surface area contributed by atoms with Crippen LogP contribution in [-0.4, -0.2) is 68.9 Å². The Morgan fingerprint density at radius 3 is 2.55 bits per heavy atom. The standard InChI is InChI=1S/C15H27N3O2S2/c1-5-20-13(19)16-8-6-12(7-9-16)18-10-17(15(2,3)4)11-22-14(18)21/h12H,5-11H2,1-4H3. The Labute approximate surface area is 143 Å². The van der Waals surface area contributed by atoms with Gasteiger partial charge >= 0.3 is 6.09 Å². The number of hydrogen-bond donors (Lipinski definition) is 0. The van der Waals surface area contributed by atoms with Crippen LogP contribution in [0.15, 0.2) is 0 Å². The molecular weight excluding hydrogens is 318 g/mol. The lowest BCUT2D eigenvalue weighted by atomic mass is 10.0. The van der Waals surface area contributed by atoms with Crippen LogP contribution in [0.3, 0.4) is 0 Å². The van der Waals surface area contributed by atoms with Crippen molar-refractivity contribution in [2.75, 3.05) is 32.2 Å². The highest BCUT2D eigenvalue weighted by molar-refractivity contribution is 8.22. The first-order valence-electron chi connectivity index (χ1n) is 7.93. The van der Waals surface area contributed by atoms with Crippen molar-refractivity contribution in [1.82, 2.24) is 14.7 Å². The van der Waals surface area contributed by atoms with E-state index >= 15 is 0 Å². The van der Waals surface area contributed by atoms with Crippen LogP contribution in [0.4, 0.5) is 4.79 Å². The Kier molecular flexibility index (Phi) is 5.96. The molecule has 7 heteroatoms. The van der Waals surface area contributed by atoms with Crippen LogP contribution >= 0.6 is 24.0 Å². The minimum Gasteiger partial charge on any atom is -0.450 e. The summed E-state index contributed by atoms with van der Waals surface area (Å²) in [5.41, 5.74) is 0.146. The van der Waals surface area contributed by atoms with Gasteiger partial charge in [0.25, 0.3) is 0 Å². The Bertz CT molecular complexity index is 418. The van der Waals surface area contributed by atoms with Crippen molar-refractivity contribution < 1.29 is 9.53 Å². The average Bonchev–Trinajstić information content (AvgIpc) is 2.47. The molecule has 1 amide bonds. The van der Waals surface area contributed by atoms with Crippen molar-refractivity contribution in [2.24, 2.45) is 0 Å². The minimum atomic E-state index is -0.187. The second kappa shape index (κ2) is 7.36. The zero-order valence-electron chi connectivity index (χ0n) is 14.0. The summed E-state index contributed by atoms with van der Waals surface area (Å²) in [5, 5.41) is 0. The van der Waals surface area contributed by atoms with E-state index in [-0.39, 0.29) is 11.6 Å². The van der Waals surface area contributed by atoms with E-state index < -0.39 is 0 Å². The fraction of sp³-hybridized carbons (Fsp3) is 0.867. The topological polar surface area (TPSA) is 36.0 Å². The summed E-state index contributed by atoms with van der Waals surface area (Å²) in [6.45, 7) is 11.4. The number of amides is 1. The van der Waals surface area contributed by atoms with Gasteiger partial charge in [0, 0.05) is 24.7 Å². The third-order valence-electron chi connectivity index (χ3n) is 4.28. The molecule has 0 aliphatic carbocycles. The molecule has 2 saturated heterocycles. The molecule has 126 valence electrons. The van der Waals surface area contributed by atoms with Gasteiger partial charge in [-0.1, -0.05) is 24.0 Å². The van der Waals surface area contributed by atoms with Gasteiger partial charge in [0.1, 0.15) is 4.32 Å². The van der Waals surface area contributed by atoms with E-state index in [2.05, 4.69) is 30.6 Å². The van der Waals surface area contributed by atoms with Crippen molar-refractivity contribution >= 4 is 34.4 Å². The molecule has 0 unspecified atom stereocenters. The van der Waals surface area contributed by atoms with E-state index in [1.807, 2.05) is 11.8 Å². The minimum absolute atomic E-state index is 0.146. The highest BCUT2D eigenvalue weighted by atomic mass is 32.2. The zero-order chi connectivity index (χ0) is 16.3. The maximum Gasteiger partial charge on any atom is 0.409 e. The van der Waals surface area contributed by atoms with Crippen molar-refractivity contribution in [2.45, 2.75) is 52.1 Å². The Morgan fingerprint density at radius 1 is 1.36 bits per heavy atom. The number of ether oxygens (including phenoxy) is 1. The molecule has 0 N–H and O–H groups in total. The molecule has 0 bridgehead atoms. The van der Waals surface area contributed by atoms with Gasteiger partial charge in [-0.2, -0.15) is 0 Å². The van der Waals surface area contributed by atoms with Crippen molar-refractivity contribution in [3.63, 3.8) is 0 Å². The predicted molar refractivity (Wildman–Crippen MR) is 95.0 cm³/mol. The van der Waals surface area contributed by atoms with E-state index in [0.29, 0.717) is 12.6 Å². The summed E-state index contributed by atoms with van der Waals surface area (Å²) in [7, 11) is 0. The maximum absolute atomic E-state index is 11.8. The van der Waals surface area contributed by atoms with Crippen LogP contribution in [-0.2, 0) is 4.74 Å². The van der Waals surface area contributed by atoms with Crippen molar-refractivity contribution in [3.8, 4) is 0 Å². The Balaban J connectivity index is 1.92. The highest BCUT2D eigenvalue weighted by Crippen LogP contribution is 2.29. The van der Waals surface area contributed by atoms with Gasteiger partial charge in [0.05, 0.1) is 19.2 Å². The molecule has 2 heterocycles. The number of carbonyl (C=O) groups excluding carboxylic acids is 1. The molecule has 2 rings (SSSR count). The van der Waals surface area contributed by atoms with Gasteiger partial charge in [-0.05, 0) is 40.5 Å². The van der Waals surface area contributed by atoms with Gasteiger partial charge in [0.2, 0.25) is 0 Å². The first-order valence-corrected chi connectivity index (χ1v) is 9.32. The fourth-order valence-electron chi connectivity index (χ4n) is 2.74. The first-order chi connectivity index (χ1) is 10.3. The number of hydrogen-bond acceptors (Lipinski definition) is 5. The quantitative estimate of drug-likeness (QED) is 0.716. The van der Waals surface area contributed by atoms with Crippen LogP contribution < -0.4 is 0 Å². The summed E-state index contributed by atoms with van der Waals surface area (Å²) in [6, 6.07) is 0.427. The SMILES string of the molecule is CCOC(=O)N1CCC(N2CN(C(C)(C)C)CSC2=S)CC1. The summed E-state index contributed by atoms with van der Waals surface area (Å²) in [4.78, 5) is 18.4. The van der Waals surface area contributed by atoms with E-state index in [4.69, 9.17) is 17.0 Å². The predicted octanol–water partition coefficient (Wildman–Crippen LogP) is 2.96. The van der Waals surface area contributed by atoms with Gasteiger partial charge in [-0.3, -0.25) is 4.90 Å². The molecule has 5 nitrogen and oxygen atoms in total. The van der Waals surface area contributed by atoms with Gasteiger partial charge in [0.15, 0.2) is 0 Å². The number of piperidine rings is 1. The fourth-order valence-corrected chi connectivity index (χ4v) is 4.22. The molecule has 0 spiro atoms. The van der Waals surface area contributed by atoms with Crippen LogP contribution in [0, 0.1) is 0 Å². The summed E-state index contributed by atoms with van der Waals surface area (Å²) in [6.07, 6.45) is 1.72. The highest BCUT2D eigenvalue weighted by Gasteiger charge is 2.35. The maximum atomic E-state index is 11.8. The smallest absolute Gasteiger partial charge is 0.409 e. The van der Waals surface area contributed by atoms with Crippen molar-refractivity contribution in [3.05, 3.63) is 0 Å². The Hall–Kier alpha value is -0.530. The van der Waals surface area contributed by atoms with Crippen LogP contribution in [0.25, 0.3) is 0 Å². The molecule has 0 aromatic carbocycles. The molecular formula is C15H27N3O2S2. The van der Waals surface area contributed by atoms with Crippen molar-refractivity contribution in [1.29, 1.82) is 0 Å². The molecule has 0 radical (unpaired) electrons. The summed E-state index contributed by atoms with van der Waals surface area (Å²) < 4.78 is 6.08. The van der Waals surface area contributed by atoms with E-state index in [0.717, 1.165) is 42.8 Å². The number of carbonyl (C=O) groups is 1. The molecule has 0 aromatic rings. The molecule has 0 aromatic heterocycles. The third kappa shape index (κ3) is 4.26. The number of nitrogens with zero attached hydrogens (tertiary/aromatic N) is 3. The average molecular weight is 346 g/mol. The molecule has 2 aliphatic rings. The lowest BCUT2D eigenvalue weighted by Crippen LogP contribution is -2.57. The largest absolute Gasteiger partial charge is 0.450 e. The van der Waals surface area contributed by atoms with E-state index in [1.165, 1.54) is 0 Å². The normalized spacial score (nSPS) is 22.1. The van der Waals surface area contributed by atoms with E-state index in [1.54, 1.807) is 11.8 Å². The summed E-state index contributed by atoms with van der Waals surface area (Å²) in [5.74, 6) is 0.959. The van der Waals surface area contributed by atoms with E-state index in [9.17, 15) is 4.79 Å². The molecule has 0 saturated carbocycles. The Morgan fingerprint density at radius 2 is 2.00 bits per heavy atom. The monoisotopic (exact) mass is 345 g/mol. The molecule has 0 atom stereocenters. The zero-order valence-corrected chi connectivity index (χ0v) is 15.6. The van der Waals surface area contributed by atoms with Gasteiger partial charge in [-0.15, -0.1) is 0 Å². The number of thioether (sulfide) groups is 1. The van der Waals surface area contributed by atoms with Gasteiger partial charge < -0.3 is 14.5 Å². The third-order valence-corrected chi connectivity index (χ3v) is 5.79.